The number of benzene rings is 8. The Labute approximate surface area is 440 Å². The van der Waals surface area contributed by atoms with Crippen molar-refractivity contribution in [3.63, 3.8) is 0 Å². The first kappa shape index (κ1) is 47.3. The zero-order valence-corrected chi connectivity index (χ0v) is 44.2. The van der Waals surface area contributed by atoms with Crippen molar-refractivity contribution < 1.29 is 21.1 Å². The second-order valence-corrected chi connectivity index (χ2v) is 21.5. The van der Waals surface area contributed by atoms with E-state index < -0.39 is 5.41 Å². The smallest absolute Gasteiger partial charge is 0.135 e. The van der Waals surface area contributed by atoms with Crippen molar-refractivity contribution in [2.24, 2.45) is 10.8 Å². The van der Waals surface area contributed by atoms with Crippen LogP contribution in [0, 0.1) is 29.6 Å². The van der Waals surface area contributed by atoms with Crippen LogP contribution in [0.5, 0.6) is 0 Å². The van der Waals surface area contributed by atoms with Crippen LogP contribution in [0.4, 0.5) is 22.7 Å². The third-order valence-corrected chi connectivity index (χ3v) is 16.3. The van der Waals surface area contributed by atoms with Gasteiger partial charge in [0.2, 0.25) is 0 Å². The van der Waals surface area contributed by atoms with Gasteiger partial charge in [-0.15, -0.1) is 17.7 Å². The summed E-state index contributed by atoms with van der Waals surface area (Å²) in [4.78, 5) is 9.88. The van der Waals surface area contributed by atoms with Crippen molar-refractivity contribution in [1.29, 1.82) is 0 Å². The molecular weight excluding hydrogens is 1060 g/mol. The number of aromatic nitrogens is 2. The Bertz CT molecular complexity index is 3520. The van der Waals surface area contributed by atoms with Crippen LogP contribution in [0.25, 0.3) is 49.9 Å². The van der Waals surface area contributed by atoms with Gasteiger partial charge < -0.3 is 14.4 Å². The molecule has 0 spiro atoms. The summed E-state index contributed by atoms with van der Waals surface area (Å²) in [6.45, 7) is 16.8. The summed E-state index contributed by atoms with van der Waals surface area (Å²) in [6, 6.07) is 80.7. The van der Waals surface area contributed by atoms with Gasteiger partial charge in [0.05, 0.1) is 0 Å². The number of pyridine rings is 1. The van der Waals surface area contributed by atoms with Crippen molar-refractivity contribution in [2.75, 3.05) is 9.80 Å². The van der Waals surface area contributed by atoms with Gasteiger partial charge in [0.15, 0.2) is 0 Å². The molecule has 0 N–H and O–H groups in total. The number of hydrogen-bond donors (Lipinski definition) is 0. The van der Waals surface area contributed by atoms with E-state index in [1.807, 2.05) is 6.20 Å². The fourth-order valence-electron chi connectivity index (χ4n) is 13.0. The van der Waals surface area contributed by atoms with E-state index >= 15 is 0 Å². The number of para-hydroxylation sites is 4. The van der Waals surface area contributed by atoms with Crippen LogP contribution in [0.1, 0.15) is 83.1 Å². The molecule has 10 aromatic rings. The minimum atomic E-state index is -0.465. The van der Waals surface area contributed by atoms with Crippen molar-refractivity contribution in [2.45, 2.75) is 71.6 Å². The molecule has 0 bridgehead atoms. The summed E-state index contributed by atoms with van der Waals surface area (Å²) in [7, 11) is 0. The van der Waals surface area contributed by atoms with E-state index in [4.69, 9.17) is 4.98 Å². The Kier molecular flexibility index (Phi) is 12.0. The Hall–Kier alpha value is -7.00. The van der Waals surface area contributed by atoms with Crippen LogP contribution >= 0.6 is 0 Å². The molecule has 1 aliphatic heterocycles. The molecule has 2 aromatic heterocycles. The minimum Gasteiger partial charge on any atom is -0.493 e. The quantitative estimate of drug-likeness (QED) is 0.135. The summed E-state index contributed by atoms with van der Waals surface area (Å²) >= 11 is 0. The van der Waals surface area contributed by atoms with Gasteiger partial charge in [-0.05, 0) is 87.1 Å². The normalized spacial score (nSPS) is 15.9. The average Bonchev–Trinajstić information content (AvgIpc) is 3.95. The van der Waals surface area contributed by atoms with Gasteiger partial charge in [0.25, 0.3) is 0 Å². The third kappa shape index (κ3) is 7.47. The predicted octanol–water partition coefficient (Wildman–Crippen LogP) is 17.4. The number of anilines is 4. The van der Waals surface area contributed by atoms with Crippen LogP contribution in [0.3, 0.4) is 0 Å². The van der Waals surface area contributed by atoms with Gasteiger partial charge >= 0.3 is 0 Å². The maximum atomic E-state index is 5.22. The standard InChI is InChI=1S/C67H59N4.Pt/c1-64(2)40-22-41-65(3,4)67(64,49-27-14-9-15-28-49)52-39-42-68-62(45-52)71-58-34-17-16-31-56(58)57-38-37-51(44-61(57)71)66(5,6)50-29-20-30-53(43-50)69-46-70(60-36-19-18-35-59(60)69)63-54(47-23-10-7-11-24-47)32-21-33-55(63)48-25-12-8-13-26-48;/h7-21,23-39,42,45-46H,22,40-41H2,1-6H3;/q-3;. The molecule has 1 fully saturated rings. The van der Waals surface area contributed by atoms with Gasteiger partial charge in [-0.2, -0.15) is 53.6 Å². The second kappa shape index (κ2) is 18.2. The largest absolute Gasteiger partial charge is 0.493 e. The van der Waals surface area contributed by atoms with E-state index in [0.717, 1.165) is 69.0 Å². The zero-order chi connectivity index (χ0) is 48.5. The maximum Gasteiger partial charge on any atom is 0.135 e. The molecule has 12 rings (SSSR count). The van der Waals surface area contributed by atoms with E-state index in [1.165, 1.54) is 45.2 Å². The number of nitrogens with zero attached hydrogens (tertiary/aromatic N) is 4. The second-order valence-electron chi connectivity index (χ2n) is 21.5. The van der Waals surface area contributed by atoms with Gasteiger partial charge in [-0.3, -0.25) is 0 Å². The Morgan fingerprint density at radius 3 is 1.76 bits per heavy atom. The van der Waals surface area contributed by atoms with Crippen molar-refractivity contribution >= 4 is 44.6 Å². The number of fused-ring (bicyclic) bond motifs is 4. The van der Waals surface area contributed by atoms with Gasteiger partial charge in [-0.25, -0.2) is 4.98 Å². The Balaban J connectivity index is 0.00000560. The topological polar surface area (TPSA) is 24.3 Å². The zero-order valence-electron chi connectivity index (χ0n) is 41.9. The molecule has 0 saturated heterocycles. The Morgan fingerprint density at radius 1 is 0.528 bits per heavy atom. The van der Waals surface area contributed by atoms with Gasteiger partial charge in [0, 0.05) is 66.4 Å². The number of rotatable bonds is 9. The molecule has 8 aromatic carbocycles. The molecule has 1 saturated carbocycles. The van der Waals surface area contributed by atoms with Crippen molar-refractivity contribution in [3.8, 4) is 28.1 Å². The van der Waals surface area contributed by atoms with Crippen LogP contribution < -0.4 is 9.80 Å². The Morgan fingerprint density at radius 2 is 1.10 bits per heavy atom. The molecule has 0 atom stereocenters. The van der Waals surface area contributed by atoms with E-state index in [2.05, 4.69) is 275 Å². The molecule has 0 radical (unpaired) electrons. The molecule has 1 aliphatic carbocycles. The van der Waals surface area contributed by atoms with Crippen LogP contribution in [-0.2, 0) is 31.9 Å². The molecule has 2 aliphatic rings. The van der Waals surface area contributed by atoms with Crippen molar-refractivity contribution in [1.82, 2.24) is 9.55 Å². The van der Waals surface area contributed by atoms with E-state index in [-0.39, 0.29) is 37.3 Å². The average molecular weight is 1120 g/mol. The molecule has 0 amide bonds. The fourth-order valence-corrected chi connectivity index (χ4v) is 13.0. The first-order valence-electron chi connectivity index (χ1n) is 25.3. The molecule has 5 heteroatoms. The predicted molar refractivity (Wildman–Crippen MR) is 296 cm³/mol. The first-order chi connectivity index (χ1) is 34.5. The summed E-state index contributed by atoms with van der Waals surface area (Å²) in [5.41, 5.74) is 15.3. The number of hydrogen-bond acceptors (Lipinski definition) is 3. The fraction of sp³-hybridized carbons (Fsp3) is 0.194. The SMILES string of the molecule is CC(C)(c1[c-]c(N2[CH-]N(c3c(-c4ccccc4)cccc3-c3ccccc3)c3ccccc32)ccc1)c1[c-]c2c(cc1)c1ccccc1n2-c1cc(C2(c3ccccc3)C(C)(C)CCCC2(C)C)ccn1.[Pt]. The van der Waals surface area contributed by atoms with Crippen molar-refractivity contribution in [3.05, 3.63) is 247 Å². The molecular formula is C67H59N4Pt-3. The van der Waals surface area contributed by atoms with E-state index in [9.17, 15) is 0 Å². The maximum absolute atomic E-state index is 5.22. The van der Waals surface area contributed by atoms with Crippen LogP contribution in [-0.4, -0.2) is 9.55 Å². The summed E-state index contributed by atoms with van der Waals surface area (Å²) in [5.74, 6) is 0.915. The van der Waals surface area contributed by atoms with Gasteiger partial charge in [0.1, 0.15) is 5.82 Å². The van der Waals surface area contributed by atoms with E-state index in [1.54, 1.807) is 0 Å². The summed E-state index contributed by atoms with van der Waals surface area (Å²) in [6.07, 6.45) is 5.57. The molecule has 72 heavy (non-hydrogen) atoms. The summed E-state index contributed by atoms with van der Waals surface area (Å²) < 4.78 is 2.36. The van der Waals surface area contributed by atoms with Crippen LogP contribution in [0.15, 0.2) is 206 Å². The van der Waals surface area contributed by atoms with E-state index in [0.29, 0.717) is 0 Å². The minimum absolute atomic E-state index is 0. The monoisotopic (exact) mass is 1110 g/mol. The molecule has 4 nitrogen and oxygen atoms in total. The first-order valence-corrected chi connectivity index (χ1v) is 25.3. The third-order valence-electron chi connectivity index (χ3n) is 16.3. The molecule has 3 heterocycles. The molecule has 360 valence electrons. The van der Waals surface area contributed by atoms with Crippen LogP contribution in [0.2, 0.25) is 0 Å². The van der Waals surface area contributed by atoms with Gasteiger partial charge in [-0.1, -0.05) is 193 Å². The summed E-state index contributed by atoms with van der Waals surface area (Å²) in [5, 5.41) is 2.35. The molecule has 0 unspecified atom stereocenters.